The molecule has 0 radical (unpaired) electrons. The van der Waals surface area contributed by atoms with E-state index >= 15 is 0 Å². The van der Waals surface area contributed by atoms with Crippen molar-refractivity contribution in [2.24, 2.45) is 0 Å². The minimum Gasteiger partial charge on any atom is -0.507 e. The normalized spacial score (nSPS) is 10.6. The predicted octanol–water partition coefficient (Wildman–Crippen LogP) is 6.32. The second-order valence-electron chi connectivity index (χ2n) is 6.42. The monoisotopic (exact) mass is 336 g/mol. The Morgan fingerprint density at radius 2 is 1.19 bits per heavy atom. The molecule has 0 aromatic heterocycles. The zero-order chi connectivity index (χ0) is 17.8. The Labute approximate surface area is 154 Å². The van der Waals surface area contributed by atoms with Gasteiger partial charge in [0, 0.05) is 5.56 Å². The van der Waals surface area contributed by atoms with Crippen molar-refractivity contribution in [2.45, 2.75) is 6.42 Å². The lowest BCUT2D eigenvalue weighted by molar-refractivity contribution is 0.477. The highest BCUT2D eigenvalue weighted by atomic mass is 16.3. The van der Waals surface area contributed by atoms with Crippen LogP contribution in [0.15, 0.2) is 103 Å². The van der Waals surface area contributed by atoms with Crippen LogP contribution < -0.4 is 0 Å². The van der Waals surface area contributed by atoms with Gasteiger partial charge < -0.3 is 5.11 Å². The third kappa shape index (κ3) is 3.38. The lowest BCUT2D eigenvalue weighted by atomic mass is 9.91. The molecule has 0 amide bonds. The molecule has 126 valence electrons. The van der Waals surface area contributed by atoms with Gasteiger partial charge in [-0.1, -0.05) is 91.0 Å². The van der Waals surface area contributed by atoms with E-state index in [9.17, 15) is 5.11 Å². The zero-order valence-electron chi connectivity index (χ0n) is 14.5. The van der Waals surface area contributed by atoms with Crippen molar-refractivity contribution in [3.63, 3.8) is 0 Å². The maximum absolute atomic E-state index is 10.4. The number of rotatable bonds is 4. The molecule has 0 bridgehead atoms. The van der Waals surface area contributed by atoms with E-state index < -0.39 is 0 Å². The largest absolute Gasteiger partial charge is 0.507 e. The molecule has 0 spiro atoms. The highest BCUT2D eigenvalue weighted by Crippen LogP contribution is 2.35. The molecule has 1 N–H and O–H groups in total. The number of phenols is 1. The Morgan fingerprint density at radius 3 is 1.92 bits per heavy atom. The number of hydrogen-bond donors (Lipinski definition) is 1. The first-order valence-corrected chi connectivity index (χ1v) is 8.82. The molecule has 0 saturated heterocycles. The van der Waals surface area contributed by atoms with Crippen LogP contribution in [0.1, 0.15) is 11.1 Å². The summed E-state index contributed by atoms with van der Waals surface area (Å²) in [5.41, 5.74) is 6.75. The maximum atomic E-state index is 10.4. The van der Waals surface area contributed by atoms with Crippen LogP contribution in [-0.4, -0.2) is 5.11 Å². The molecule has 1 nitrogen and oxygen atoms in total. The van der Waals surface area contributed by atoms with Gasteiger partial charge in [0.2, 0.25) is 0 Å². The van der Waals surface area contributed by atoms with Crippen molar-refractivity contribution in [3.05, 3.63) is 114 Å². The molecule has 1 heteroatoms. The lowest BCUT2D eigenvalue weighted by Gasteiger charge is -2.14. The molecular weight excluding hydrogens is 316 g/mol. The molecule has 0 saturated carbocycles. The summed E-state index contributed by atoms with van der Waals surface area (Å²) >= 11 is 0. The van der Waals surface area contributed by atoms with Gasteiger partial charge in [0.1, 0.15) is 5.75 Å². The van der Waals surface area contributed by atoms with Crippen LogP contribution >= 0.6 is 0 Å². The molecule has 4 aromatic rings. The van der Waals surface area contributed by atoms with E-state index in [2.05, 4.69) is 54.6 Å². The Kier molecular flexibility index (Phi) is 4.53. The van der Waals surface area contributed by atoms with E-state index in [1.165, 1.54) is 16.7 Å². The van der Waals surface area contributed by atoms with Crippen molar-refractivity contribution in [1.29, 1.82) is 0 Å². The highest BCUT2D eigenvalue weighted by molar-refractivity contribution is 5.79. The van der Waals surface area contributed by atoms with Gasteiger partial charge in [-0.15, -0.1) is 0 Å². The summed E-state index contributed by atoms with van der Waals surface area (Å²) < 4.78 is 0. The Hall–Kier alpha value is -3.32. The van der Waals surface area contributed by atoms with Crippen molar-refractivity contribution >= 4 is 0 Å². The summed E-state index contributed by atoms with van der Waals surface area (Å²) in [6.07, 6.45) is 0.833. The molecular formula is C25H20O. The van der Waals surface area contributed by atoms with E-state index in [1.54, 1.807) is 6.07 Å². The fourth-order valence-corrected chi connectivity index (χ4v) is 3.31. The molecule has 26 heavy (non-hydrogen) atoms. The predicted molar refractivity (Wildman–Crippen MR) is 108 cm³/mol. The minimum atomic E-state index is 0.312. The van der Waals surface area contributed by atoms with Crippen molar-refractivity contribution < 1.29 is 5.11 Å². The first kappa shape index (κ1) is 16.2. The van der Waals surface area contributed by atoms with E-state index in [1.807, 2.05) is 42.5 Å². The summed E-state index contributed by atoms with van der Waals surface area (Å²) in [5.74, 6) is 0.312. The number of hydrogen-bond acceptors (Lipinski definition) is 1. The van der Waals surface area contributed by atoms with Crippen molar-refractivity contribution in [1.82, 2.24) is 0 Å². The number of para-hydroxylation sites is 1. The maximum Gasteiger partial charge on any atom is 0.123 e. The summed E-state index contributed by atoms with van der Waals surface area (Å²) in [5, 5.41) is 10.4. The average Bonchev–Trinajstić information content (AvgIpc) is 2.70. The lowest BCUT2D eigenvalue weighted by Crippen LogP contribution is -1.94. The molecule has 0 fully saturated rings. The Bertz CT molecular complexity index is 1000. The average molecular weight is 336 g/mol. The SMILES string of the molecule is Oc1ccccc1-c1cc(-c2ccccc2)ccc1Cc1ccccc1. The summed E-state index contributed by atoms with van der Waals surface area (Å²) in [6, 6.07) is 34.9. The number of benzene rings is 4. The molecule has 0 aliphatic rings. The summed E-state index contributed by atoms with van der Waals surface area (Å²) in [6.45, 7) is 0. The Morgan fingerprint density at radius 1 is 0.538 bits per heavy atom. The van der Waals surface area contributed by atoms with E-state index in [-0.39, 0.29) is 0 Å². The Balaban J connectivity index is 1.84. The smallest absolute Gasteiger partial charge is 0.123 e. The van der Waals surface area contributed by atoms with E-state index in [4.69, 9.17) is 0 Å². The van der Waals surface area contributed by atoms with Crippen LogP contribution in [0.2, 0.25) is 0 Å². The number of phenolic OH excluding ortho intramolecular Hbond substituents is 1. The van der Waals surface area contributed by atoms with Crippen LogP contribution in [0, 0.1) is 0 Å². The molecule has 4 rings (SSSR count). The van der Waals surface area contributed by atoms with E-state index in [0.717, 1.165) is 23.1 Å². The second kappa shape index (κ2) is 7.28. The topological polar surface area (TPSA) is 20.2 Å². The van der Waals surface area contributed by atoms with Crippen LogP contribution in [0.4, 0.5) is 0 Å². The van der Waals surface area contributed by atoms with Gasteiger partial charge in [-0.2, -0.15) is 0 Å². The highest BCUT2D eigenvalue weighted by Gasteiger charge is 2.11. The van der Waals surface area contributed by atoms with Crippen molar-refractivity contribution in [2.75, 3.05) is 0 Å². The quantitative estimate of drug-likeness (QED) is 0.462. The van der Waals surface area contributed by atoms with Crippen LogP contribution in [0.3, 0.4) is 0 Å². The molecule has 0 atom stereocenters. The van der Waals surface area contributed by atoms with Gasteiger partial charge in [-0.25, -0.2) is 0 Å². The fraction of sp³-hybridized carbons (Fsp3) is 0.0400. The van der Waals surface area contributed by atoms with Crippen LogP contribution in [-0.2, 0) is 6.42 Å². The third-order valence-corrected chi connectivity index (χ3v) is 4.65. The van der Waals surface area contributed by atoms with Crippen molar-refractivity contribution in [3.8, 4) is 28.0 Å². The standard InChI is InChI=1S/C25H20O/c26-25-14-8-7-13-23(25)24-18-21(20-11-5-2-6-12-20)15-16-22(24)17-19-9-3-1-4-10-19/h1-16,18,26H,17H2. The minimum absolute atomic E-state index is 0.312. The fourth-order valence-electron chi connectivity index (χ4n) is 3.31. The summed E-state index contributed by atoms with van der Waals surface area (Å²) in [7, 11) is 0. The zero-order valence-corrected chi connectivity index (χ0v) is 14.5. The molecule has 0 heterocycles. The van der Waals surface area contributed by atoms with Gasteiger partial charge in [-0.3, -0.25) is 0 Å². The molecule has 0 aliphatic carbocycles. The second-order valence-corrected chi connectivity index (χ2v) is 6.42. The number of aromatic hydroxyl groups is 1. The summed E-state index contributed by atoms with van der Waals surface area (Å²) in [4.78, 5) is 0. The van der Waals surface area contributed by atoms with Gasteiger partial charge >= 0.3 is 0 Å². The molecule has 4 aromatic carbocycles. The van der Waals surface area contributed by atoms with Gasteiger partial charge in [-0.05, 0) is 46.4 Å². The molecule has 0 aliphatic heterocycles. The van der Waals surface area contributed by atoms with Crippen LogP contribution in [0.25, 0.3) is 22.3 Å². The van der Waals surface area contributed by atoms with Crippen LogP contribution in [0.5, 0.6) is 5.75 Å². The third-order valence-electron chi connectivity index (χ3n) is 4.65. The van der Waals surface area contributed by atoms with Gasteiger partial charge in [0.25, 0.3) is 0 Å². The first-order valence-electron chi connectivity index (χ1n) is 8.82. The molecule has 0 unspecified atom stereocenters. The first-order chi connectivity index (χ1) is 12.8. The van der Waals surface area contributed by atoms with E-state index in [0.29, 0.717) is 5.75 Å². The van der Waals surface area contributed by atoms with Gasteiger partial charge in [0.05, 0.1) is 0 Å². The van der Waals surface area contributed by atoms with Gasteiger partial charge in [0.15, 0.2) is 0 Å².